The average molecular weight is 226 g/mol. The van der Waals surface area contributed by atoms with Crippen molar-refractivity contribution in [2.45, 2.75) is 24.7 Å². The molecule has 15 heavy (non-hydrogen) atoms. The Morgan fingerprint density at radius 1 is 1.27 bits per heavy atom. The molecule has 0 saturated carbocycles. The van der Waals surface area contributed by atoms with Gasteiger partial charge in [0.05, 0.1) is 0 Å². The van der Waals surface area contributed by atoms with E-state index >= 15 is 0 Å². The number of hydrogen-bond donors (Lipinski definition) is 0. The van der Waals surface area contributed by atoms with Crippen LogP contribution in [0.4, 0.5) is 0 Å². The van der Waals surface area contributed by atoms with Crippen LogP contribution in [0.5, 0.6) is 0 Å². The van der Waals surface area contributed by atoms with Crippen molar-refractivity contribution >= 4 is 10.0 Å². The smallest absolute Gasteiger partial charge is 0.244 e. The molecule has 0 atom stereocenters. The van der Waals surface area contributed by atoms with Gasteiger partial charge in [-0.3, -0.25) is 4.98 Å². The van der Waals surface area contributed by atoms with Gasteiger partial charge < -0.3 is 0 Å². The van der Waals surface area contributed by atoms with Crippen LogP contribution in [-0.2, 0) is 10.0 Å². The van der Waals surface area contributed by atoms with Crippen LogP contribution in [0.3, 0.4) is 0 Å². The van der Waals surface area contributed by atoms with Gasteiger partial charge in [-0.05, 0) is 31.9 Å². The SMILES string of the molecule is Cc1ccc(S(=O)(=O)N2CCCC2)cn1. The Bertz CT molecular complexity index is 433. The molecule has 82 valence electrons. The van der Waals surface area contributed by atoms with E-state index in [9.17, 15) is 8.42 Å². The Morgan fingerprint density at radius 3 is 2.47 bits per heavy atom. The molecule has 0 bridgehead atoms. The summed E-state index contributed by atoms with van der Waals surface area (Å²) in [7, 11) is -3.28. The first kappa shape index (κ1) is 10.6. The largest absolute Gasteiger partial charge is 0.260 e. The summed E-state index contributed by atoms with van der Waals surface area (Å²) in [6, 6.07) is 3.35. The molecular formula is C10H14N2O2S. The Kier molecular flexibility index (Phi) is 2.75. The number of aryl methyl sites for hydroxylation is 1. The van der Waals surface area contributed by atoms with Gasteiger partial charge in [0.25, 0.3) is 0 Å². The summed E-state index contributed by atoms with van der Waals surface area (Å²) in [5.74, 6) is 0. The molecule has 1 aliphatic rings. The van der Waals surface area contributed by atoms with Crippen molar-refractivity contribution < 1.29 is 8.42 Å². The summed E-state index contributed by atoms with van der Waals surface area (Å²) >= 11 is 0. The van der Waals surface area contributed by atoms with Crippen molar-refractivity contribution in [1.29, 1.82) is 0 Å². The van der Waals surface area contributed by atoms with Gasteiger partial charge in [-0.2, -0.15) is 4.31 Å². The lowest BCUT2D eigenvalue weighted by Gasteiger charge is -2.14. The molecule has 1 fully saturated rings. The highest BCUT2D eigenvalue weighted by molar-refractivity contribution is 7.89. The second-order valence-electron chi connectivity index (χ2n) is 3.75. The summed E-state index contributed by atoms with van der Waals surface area (Å²) in [5.41, 5.74) is 0.829. The second kappa shape index (κ2) is 3.90. The van der Waals surface area contributed by atoms with Gasteiger partial charge in [0.2, 0.25) is 10.0 Å². The molecule has 0 aliphatic carbocycles. The molecular weight excluding hydrogens is 212 g/mol. The van der Waals surface area contributed by atoms with E-state index < -0.39 is 10.0 Å². The Labute approximate surface area is 90.0 Å². The Morgan fingerprint density at radius 2 is 1.93 bits per heavy atom. The quantitative estimate of drug-likeness (QED) is 0.760. The van der Waals surface area contributed by atoms with Gasteiger partial charge in [0.15, 0.2) is 0 Å². The van der Waals surface area contributed by atoms with Gasteiger partial charge in [0.1, 0.15) is 4.90 Å². The van der Waals surface area contributed by atoms with Crippen molar-refractivity contribution in [3.05, 3.63) is 24.0 Å². The zero-order valence-electron chi connectivity index (χ0n) is 8.68. The van der Waals surface area contributed by atoms with Crippen molar-refractivity contribution in [2.24, 2.45) is 0 Å². The van der Waals surface area contributed by atoms with Gasteiger partial charge >= 0.3 is 0 Å². The number of hydrogen-bond acceptors (Lipinski definition) is 3. The average Bonchev–Trinajstić information content (AvgIpc) is 2.71. The standard InChI is InChI=1S/C10H14N2O2S/c1-9-4-5-10(8-11-9)15(13,14)12-6-2-3-7-12/h4-5,8H,2-3,6-7H2,1H3. The van der Waals surface area contributed by atoms with Crippen molar-refractivity contribution in [3.8, 4) is 0 Å². The number of sulfonamides is 1. The molecule has 1 aromatic rings. The highest BCUT2D eigenvalue weighted by atomic mass is 32.2. The number of rotatable bonds is 2. The molecule has 0 amide bonds. The fourth-order valence-corrected chi connectivity index (χ4v) is 3.15. The van der Waals surface area contributed by atoms with Crippen LogP contribution >= 0.6 is 0 Å². The minimum absolute atomic E-state index is 0.301. The van der Waals surface area contributed by atoms with E-state index in [-0.39, 0.29) is 0 Å². The third kappa shape index (κ3) is 2.03. The molecule has 1 aromatic heterocycles. The third-order valence-corrected chi connectivity index (χ3v) is 4.47. The van der Waals surface area contributed by atoms with Crippen LogP contribution < -0.4 is 0 Å². The highest BCUT2D eigenvalue weighted by Crippen LogP contribution is 2.19. The van der Waals surface area contributed by atoms with Gasteiger partial charge in [-0.15, -0.1) is 0 Å². The summed E-state index contributed by atoms with van der Waals surface area (Å²) in [6.45, 7) is 3.11. The number of pyridine rings is 1. The monoisotopic (exact) mass is 226 g/mol. The zero-order valence-corrected chi connectivity index (χ0v) is 9.50. The van der Waals surface area contributed by atoms with E-state index in [1.165, 1.54) is 10.5 Å². The zero-order chi connectivity index (χ0) is 10.9. The van der Waals surface area contributed by atoms with Crippen molar-refractivity contribution in [1.82, 2.24) is 9.29 Å². The second-order valence-corrected chi connectivity index (χ2v) is 5.68. The molecule has 5 heteroatoms. The number of nitrogens with zero attached hydrogens (tertiary/aromatic N) is 2. The molecule has 2 heterocycles. The van der Waals surface area contributed by atoms with E-state index in [1.54, 1.807) is 12.1 Å². The number of aromatic nitrogens is 1. The van der Waals surface area contributed by atoms with Crippen molar-refractivity contribution in [3.63, 3.8) is 0 Å². The van der Waals surface area contributed by atoms with Crippen LogP contribution in [0.15, 0.2) is 23.2 Å². The van der Waals surface area contributed by atoms with Crippen LogP contribution in [0.25, 0.3) is 0 Å². The lowest BCUT2D eigenvalue weighted by atomic mass is 10.4. The first-order chi connectivity index (χ1) is 7.10. The minimum atomic E-state index is -3.28. The van der Waals surface area contributed by atoms with Crippen LogP contribution in [-0.4, -0.2) is 30.8 Å². The molecule has 0 spiro atoms. The predicted molar refractivity (Wildman–Crippen MR) is 57.0 cm³/mol. The van der Waals surface area contributed by atoms with E-state index in [2.05, 4.69) is 4.98 Å². The van der Waals surface area contributed by atoms with E-state index in [0.29, 0.717) is 18.0 Å². The van der Waals surface area contributed by atoms with Crippen molar-refractivity contribution in [2.75, 3.05) is 13.1 Å². The summed E-state index contributed by atoms with van der Waals surface area (Å²) in [5, 5.41) is 0. The lowest BCUT2D eigenvalue weighted by molar-refractivity contribution is 0.477. The van der Waals surface area contributed by atoms with Crippen LogP contribution in [0.2, 0.25) is 0 Å². The summed E-state index contributed by atoms with van der Waals surface area (Å²) < 4.78 is 25.6. The molecule has 4 nitrogen and oxygen atoms in total. The van der Waals surface area contributed by atoms with Crippen LogP contribution in [0.1, 0.15) is 18.5 Å². The maximum Gasteiger partial charge on any atom is 0.244 e. The molecule has 1 aliphatic heterocycles. The first-order valence-electron chi connectivity index (χ1n) is 5.03. The Balaban J connectivity index is 2.32. The van der Waals surface area contributed by atoms with E-state index in [4.69, 9.17) is 0 Å². The van der Waals surface area contributed by atoms with Gasteiger partial charge in [-0.25, -0.2) is 8.42 Å². The van der Waals surface area contributed by atoms with E-state index in [1.807, 2.05) is 6.92 Å². The van der Waals surface area contributed by atoms with E-state index in [0.717, 1.165) is 18.5 Å². The molecule has 0 N–H and O–H groups in total. The predicted octanol–water partition coefficient (Wildman–Crippen LogP) is 1.17. The Hall–Kier alpha value is -0.940. The molecule has 1 saturated heterocycles. The first-order valence-corrected chi connectivity index (χ1v) is 6.47. The topological polar surface area (TPSA) is 50.3 Å². The third-order valence-electron chi connectivity index (χ3n) is 2.59. The molecule has 2 rings (SSSR count). The molecule has 0 unspecified atom stereocenters. The summed E-state index contributed by atoms with van der Waals surface area (Å²) in [6.07, 6.45) is 3.35. The van der Waals surface area contributed by atoms with Crippen LogP contribution in [0, 0.1) is 6.92 Å². The fourth-order valence-electron chi connectivity index (χ4n) is 1.68. The fraction of sp³-hybridized carbons (Fsp3) is 0.500. The maximum atomic E-state index is 12.0. The van der Waals surface area contributed by atoms with Gasteiger partial charge in [-0.1, -0.05) is 0 Å². The van der Waals surface area contributed by atoms with Gasteiger partial charge in [0, 0.05) is 25.0 Å². The molecule has 0 radical (unpaired) electrons. The maximum absolute atomic E-state index is 12.0. The minimum Gasteiger partial charge on any atom is -0.260 e. The lowest BCUT2D eigenvalue weighted by Crippen LogP contribution is -2.27. The highest BCUT2D eigenvalue weighted by Gasteiger charge is 2.27. The molecule has 0 aromatic carbocycles. The normalized spacial score (nSPS) is 18.2. The summed E-state index contributed by atoms with van der Waals surface area (Å²) in [4.78, 5) is 4.31.